The molecule has 7 nitrogen and oxygen atoms in total. The molecule has 0 aliphatic carbocycles. The van der Waals surface area contributed by atoms with Crippen molar-refractivity contribution in [2.75, 3.05) is 6.54 Å². The largest absolute Gasteiger partial charge is 0.329 e. The zero-order valence-electron chi connectivity index (χ0n) is 11.7. The van der Waals surface area contributed by atoms with Gasteiger partial charge in [0.1, 0.15) is 0 Å². The molecule has 0 spiro atoms. The van der Waals surface area contributed by atoms with E-state index in [1.807, 2.05) is 13.8 Å². The molecule has 0 heterocycles. The molecule has 0 aliphatic rings. The minimum absolute atomic E-state index is 0.0648. The number of benzene rings is 1. The smallest absolute Gasteiger partial charge is 0.289 e. The molecule has 112 valence electrons. The molecule has 1 aromatic carbocycles. The average Bonchev–Trinajstić information content (AvgIpc) is 2.37. The van der Waals surface area contributed by atoms with Crippen LogP contribution in [0.2, 0.25) is 0 Å². The van der Waals surface area contributed by atoms with Gasteiger partial charge >= 0.3 is 0 Å². The summed E-state index contributed by atoms with van der Waals surface area (Å²) in [7, 11) is -4.02. The normalized spacial score (nSPS) is 15.1. The molecule has 0 amide bonds. The van der Waals surface area contributed by atoms with Crippen LogP contribution in [0.4, 0.5) is 5.69 Å². The number of hydrogen-bond donors (Lipinski definition) is 2. The maximum atomic E-state index is 12.4. The molecule has 0 bridgehead atoms. The standard InChI is InChI=1S/C12H19N3O4S/c1-9(2)12(3,8-13)14-20(18,19)11-7-5-4-6-10(11)15(16)17/h4-7,9,14H,8,13H2,1-3H3/t12-/m1/s1. The van der Waals surface area contributed by atoms with Crippen molar-refractivity contribution in [2.24, 2.45) is 11.7 Å². The third-order valence-corrected chi connectivity index (χ3v) is 5.08. The van der Waals surface area contributed by atoms with E-state index in [0.717, 1.165) is 6.07 Å². The van der Waals surface area contributed by atoms with Crippen molar-refractivity contribution in [1.82, 2.24) is 4.72 Å². The van der Waals surface area contributed by atoms with Crippen LogP contribution in [0.3, 0.4) is 0 Å². The third-order valence-electron chi connectivity index (χ3n) is 3.42. The summed E-state index contributed by atoms with van der Waals surface area (Å²) in [4.78, 5) is 9.85. The quantitative estimate of drug-likeness (QED) is 0.606. The van der Waals surface area contributed by atoms with Gasteiger partial charge in [0.15, 0.2) is 4.90 Å². The fourth-order valence-electron chi connectivity index (χ4n) is 1.59. The lowest BCUT2D eigenvalue weighted by molar-refractivity contribution is -0.387. The van der Waals surface area contributed by atoms with Gasteiger partial charge in [-0.25, -0.2) is 13.1 Å². The van der Waals surface area contributed by atoms with Crippen molar-refractivity contribution in [3.63, 3.8) is 0 Å². The van der Waals surface area contributed by atoms with E-state index in [1.165, 1.54) is 18.2 Å². The van der Waals surface area contributed by atoms with Crippen molar-refractivity contribution >= 4 is 15.7 Å². The number of nitrogens with one attached hydrogen (secondary N) is 1. The number of nitro benzene ring substituents is 1. The highest BCUT2D eigenvalue weighted by atomic mass is 32.2. The predicted molar refractivity (Wildman–Crippen MR) is 75.7 cm³/mol. The van der Waals surface area contributed by atoms with E-state index in [9.17, 15) is 18.5 Å². The lowest BCUT2D eigenvalue weighted by Crippen LogP contribution is -2.54. The predicted octanol–water partition coefficient (Wildman–Crippen LogP) is 1.25. The molecule has 0 radical (unpaired) electrons. The summed E-state index contributed by atoms with van der Waals surface area (Å²) in [5, 5.41) is 10.9. The average molecular weight is 301 g/mol. The Kier molecular flexibility index (Phi) is 4.85. The SMILES string of the molecule is CC(C)[C@@](C)(CN)NS(=O)(=O)c1ccccc1[N+](=O)[O-]. The van der Waals surface area contributed by atoms with Crippen LogP contribution >= 0.6 is 0 Å². The van der Waals surface area contributed by atoms with Crippen LogP contribution in [-0.4, -0.2) is 25.4 Å². The van der Waals surface area contributed by atoms with Gasteiger partial charge < -0.3 is 5.73 Å². The van der Waals surface area contributed by atoms with Gasteiger partial charge in [-0.2, -0.15) is 0 Å². The van der Waals surface area contributed by atoms with Gasteiger partial charge in [0.05, 0.1) is 4.92 Å². The molecule has 0 fully saturated rings. The Balaban J connectivity index is 3.29. The van der Waals surface area contributed by atoms with Crippen LogP contribution in [0.15, 0.2) is 29.2 Å². The molecule has 3 N–H and O–H groups in total. The highest BCUT2D eigenvalue weighted by molar-refractivity contribution is 7.89. The van der Waals surface area contributed by atoms with Crippen molar-refractivity contribution in [3.8, 4) is 0 Å². The number of nitrogens with two attached hydrogens (primary N) is 1. The summed E-state index contributed by atoms with van der Waals surface area (Å²) in [5.41, 5.74) is 4.30. The first-order valence-electron chi connectivity index (χ1n) is 6.11. The molecule has 1 atom stereocenters. The number of nitro groups is 1. The maximum absolute atomic E-state index is 12.4. The molecule has 0 aliphatic heterocycles. The molecule has 0 aromatic heterocycles. The highest BCUT2D eigenvalue weighted by Gasteiger charge is 2.35. The summed E-state index contributed by atoms with van der Waals surface area (Å²) in [6.07, 6.45) is 0. The van der Waals surface area contributed by atoms with Gasteiger partial charge in [0.25, 0.3) is 5.69 Å². The molecule has 8 heteroatoms. The molecule has 0 unspecified atom stereocenters. The van der Waals surface area contributed by atoms with E-state index in [4.69, 9.17) is 5.73 Å². The van der Waals surface area contributed by atoms with Crippen LogP contribution in [-0.2, 0) is 10.0 Å². The Morgan fingerprint density at radius 2 is 1.95 bits per heavy atom. The van der Waals surface area contributed by atoms with Crippen molar-refractivity contribution in [1.29, 1.82) is 0 Å². The first kappa shape index (κ1) is 16.5. The van der Waals surface area contributed by atoms with Gasteiger partial charge in [-0.15, -0.1) is 0 Å². The van der Waals surface area contributed by atoms with Crippen LogP contribution in [0.5, 0.6) is 0 Å². The monoisotopic (exact) mass is 301 g/mol. The summed E-state index contributed by atoms with van der Waals surface area (Å²) < 4.78 is 27.2. The summed E-state index contributed by atoms with van der Waals surface area (Å²) in [6.45, 7) is 5.41. The van der Waals surface area contributed by atoms with Crippen molar-refractivity contribution in [3.05, 3.63) is 34.4 Å². The summed E-state index contributed by atoms with van der Waals surface area (Å²) >= 11 is 0. The second-order valence-electron chi connectivity index (χ2n) is 5.11. The van der Waals surface area contributed by atoms with Crippen LogP contribution < -0.4 is 10.5 Å². The fraction of sp³-hybridized carbons (Fsp3) is 0.500. The molecule has 1 rings (SSSR count). The Morgan fingerprint density at radius 1 is 1.40 bits per heavy atom. The Morgan fingerprint density at radius 3 is 2.40 bits per heavy atom. The van der Waals surface area contributed by atoms with Crippen molar-refractivity contribution < 1.29 is 13.3 Å². The number of hydrogen-bond acceptors (Lipinski definition) is 5. The molecular weight excluding hydrogens is 282 g/mol. The maximum Gasteiger partial charge on any atom is 0.289 e. The zero-order valence-corrected chi connectivity index (χ0v) is 12.5. The minimum atomic E-state index is -4.02. The number of nitrogens with zero attached hydrogens (tertiary/aromatic N) is 1. The van der Waals surface area contributed by atoms with Gasteiger partial charge in [-0.05, 0) is 18.9 Å². The van der Waals surface area contributed by atoms with E-state index in [1.54, 1.807) is 6.92 Å². The van der Waals surface area contributed by atoms with Crippen molar-refractivity contribution in [2.45, 2.75) is 31.2 Å². The molecule has 20 heavy (non-hydrogen) atoms. The third kappa shape index (κ3) is 3.33. The highest BCUT2D eigenvalue weighted by Crippen LogP contribution is 2.25. The van der Waals surface area contributed by atoms with Crippen LogP contribution in [0.1, 0.15) is 20.8 Å². The van der Waals surface area contributed by atoms with E-state index in [0.29, 0.717) is 0 Å². The van der Waals surface area contributed by atoms with E-state index < -0.39 is 26.2 Å². The molecule has 0 saturated carbocycles. The Bertz CT molecular complexity index is 600. The molecule has 1 aromatic rings. The first-order chi connectivity index (χ1) is 9.14. The first-order valence-corrected chi connectivity index (χ1v) is 7.60. The Hall–Kier alpha value is -1.51. The lowest BCUT2D eigenvalue weighted by atomic mass is 9.90. The number of rotatable bonds is 6. The topological polar surface area (TPSA) is 115 Å². The van der Waals surface area contributed by atoms with Gasteiger partial charge in [0, 0.05) is 18.2 Å². The fourth-order valence-corrected chi connectivity index (χ4v) is 3.31. The van der Waals surface area contributed by atoms with Gasteiger partial charge in [0.2, 0.25) is 10.0 Å². The van der Waals surface area contributed by atoms with Crippen LogP contribution in [0, 0.1) is 16.0 Å². The second-order valence-corrected chi connectivity index (χ2v) is 6.76. The lowest BCUT2D eigenvalue weighted by Gasteiger charge is -2.32. The minimum Gasteiger partial charge on any atom is -0.329 e. The molecule has 0 saturated heterocycles. The van der Waals surface area contributed by atoms with Crippen LogP contribution in [0.25, 0.3) is 0 Å². The Labute approximate surface area is 118 Å². The summed E-state index contributed by atoms with van der Waals surface area (Å²) in [5.74, 6) is -0.0648. The van der Waals surface area contributed by atoms with E-state index in [2.05, 4.69) is 4.72 Å². The van der Waals surface area contributed by atoms with Gasteiger partial charge in [-0.3, -0.25) is 10.1 Å². The summed E-state index contributed by atoms with van der Waals surface area (Å²) in [6, 6.07) is 5.22. The zero-order chi connectivity index (χ0) is 15.6. The number of sulfonamides is 1. The van der Waals surface area contributed by atoms with E-state index >= 15 is 0 Å². The molecular formula is C12H19N3O4S. The van der Waals surface area contributed by atoms with Gasteiger partial charge in [-0.1, -0.05) is 26.0 Å². The number of para-hydroxylation sites is 1. The second kappa shape index (κ2) is 5.86. The van der Waals surface area contributed by atoms with E-state index in [-0.39, 0.29) is 17.4 Å².